The Hall–Kier alpha value is -1.69. The van der Waals surface area contributed by atoms with E-state index in [0.29, 0.717) is 17.3 Å². The van der Waals surface area contributed by atoms with Crippen molar-refractivity contribution in [3.8, 4) is 6.07 Å². The van der Waals surface area contributed by atoms with Crippen LogP contribution >= 0.6 is 0 Å². The van der Waals surface area contributed by atoms with Crippen LogP contribution in [0, 0.1) is 17.2 Å². The first-order chi connectivity index (χ1) is 8.61. The summed E-state index contributed by atoms with van der Waals surface area (Å²) in [6, 6.07) is 8.48. The molecule has 1 saturated carbocycles. The number of hydrogen-bond donors (Lipinski definition) is 1. The average molecular weight is 243 g/mol. The highest BCUT2D eigenvalue weighted by Crippen LogP contribution is 2.30. The summed E-state index contributed by atoms with van der Waals surface area (Å²) in [6.45, 7) is 2.33. The highest BCUT2D eigenvalue weighted by molar-refractivity contribution is 5.62. The number of hydrogen-bond acceptors (Lipinski definition) is 3. The van der Waals surface area contributed by atoms with E-state index < -0.39 is 0 Å². The summed E-state index contributed by atoms with van der Waals surface area (Å²) in [5, 5.41) is 9.02. The molecular formula is C15H21N3. The first-order valence-electron chi connectivity index (χ1n) is 6.64. The number of nitrogen functional groups attached to an aromatic ring is 1. The lowest BCUT2D eigenvalue weighted by atomic mass is 9.86. The van der Waals surface area contributed by atoms with Crippen molar-refractivity contribution in [1.29, 1.82) is 5.26 Å². The van der Waals surface area contributed by atoms with Crippen molar-refractivity contribution in [2.24, 2.45) is 5.92 Å². The molecular weight excluding hydrogens is 222 g/mol. The van der Waals surface area contributed by atoms with Crippen LogP contribution in [-0.2, 0) is 0 Å². The lowest BCUT2D eigenvalue weighted by Crippen LogP contribution is -2.34. The molecule has 0 bridgehead atoms. The second kappa shape index (κ2) is 5.30. The monoisotopic (exact) mass is 243 g/mol. The SMILES string of the molecule is CC1CCC(N(C)c2ccc(N)c(C#N)c2)CC1. The molecule has 1 aliphatic rings. The summed E-state index contributed by atoms with van der Waals surface area (Å²) >= 11 is 0. The lowest BCUT2D eigenvalue weighted by molar-refractivity contribution is 0.341. The Morgan fingerprint density at radius 2 is 1.94 bits per heavy atom. The molecule has 1 aliphatic carbocycles. The van der Waals surface area contributed by atoms with E-state index in [0.717, 1.165) is 11.6 Å². The molecule has 0 amide bonds. The zero-order chi connectivity index (χ0) is 13.1. The number of rotatable bonds is 2. The van der Waals surface area contributed by atoms with E-state index in [1.807, 2.05) is 18.2 Å². The molecule has 3 nitrogen and oxygen atoms in total. The normalized spacial score (nSPS) is 23.4. The Morgan fingerprint density at radius 3 is 2.56 bits per heavy atom. The van der Waals surface area contributed by atoms with Gasteiger partial charge in [0, 0.05) is 24.5 Å². The lowest BCUT2D eigenvalue weighted by Gasteiger charge is -2.35. The molecule has 0 heterocycles. The molecule has 2 N–H and O–H groups in total. The summed E-state index contributed by atoms with van der Waals surface area (Å²) in [5.41, 5.74) is 7.99. The third-order valence-corrected chi connectivity index (χ3v) is 4.10. The molecule has 0 aromatic heterocycles. The number of nitrogens with two attached hydrogens (primary N) is 1. The second-order valence-corrected chi connectivity index (χ2v) is 5.41. The number of nitrogens with zero attached hydrogens (tertiary/aromatic N) is 2. The van der Waals surface area contributed by atoms with Crippen LogP contribution in [-0.4, -0.2) is 13.1 Å². The molecule has 18 heavy (non-hydrogen) atoms. The minimum atomic E-state index is 0.562. The molecule has 2 rings (SSSR count). The molecule has 0 atom stereocenters. The van der Waals surface area contributed by atoms with Gasteiger partial charge in [0.1, 0.15) is 6.07 Å². The van der Waals surface area contributed by atoms with Crippen LogP contribution in [0.15, 0.2) is 18.2 Å². The first kappa shape index (κ1) is 12.8. The van der Waals surface area contributed by atoms with Gasteiger partial charge in [-0.15, -0.1) is 0 Å². The molecule has 96 valence electrons. The average Bonchev–Trinajstić information content (AvgIpc) is 2.39. The van der Waals surface area contributed by atoms with Crippen LogP contribution in [0.3, 0.4) is 0 Å². The summed E-state index contributed by atoms with van der Waals surface area (Å²) in [5.74, 6) is 0.857. The first-order valence-corrected chi connectivity index (χ1v) is 6.64. The number of anilines is 2. The van der Waals surface area contributed by atoms with E-state index in [1.54, 1.807) is 0 Å². The van der Waals surface area contributed by atoms with Crippen LogP contribution in [0.2, 0.25) is 0 Å². The third-order valence-electron chi connectivity index (χ3n) is 4.10. The zero-order valence-corrected chi connectivity index (χ0v) is 11.2. The van der Waals surface area contributed by atoms with Gasteiger partial charge in [-0.3, -0.25) is 0 Å². The standard InChI is InChI=1S/C15H21N3/c1-11-3-5-13(6-4-11)18(2)14-7-8-15(17)12(9-14)10-16/h7-9,11,13H,3-6,17H2,1-2H3. The molecule has 1 fully saturated rings. The molecule has 1 aromatic rings. The van der Waals surface area contributed by atoms with Crippen molar-refractivity contribution < 1.29 is 0 Å². The third kappa shape index (κ3) is 2.59. The van der Waals surface area contributed by atoms with Gasteiger partial charge in [-0.25, -0.2) is 0 Å². The topological polar surface area (TPSA) is 53.0 Å². The van der Waals surface area contributed by atoms with E-state index in [9.17, 15) is 0 Å². The van der Waals surface area contributed by atoms with Gasteiger partial charge in [-0.05, 0) is 49.8 Å². The quantitative estimate of drug-likeness (QED) is 0.812. The van der Waals surface area contributed by atoms with Crippen LogP contribution < -0.4 is 10.6 Å². The van der Waals surface area contributed by atoms with E-state index in [-0.39, 0.29) is 0 Å². The molecule has 1 aromatic carbocycles. The molecule has 0 aliphatic heterocycles. The molecule has 3 heteroatoms. The molecule has 0 unspecified atom stereocenters. The number of benzene rings is 1. The fourth-order valence-electron chi connectivity index (χ4n) is 2.70. The van der Waals surface area contributed by atoms with Crippen LogP contribution in [0.25, 0.3) is 0 Å². The van der Waals surface area contributed by atoms with Crippen LogP contribution in [0.1, 0.15) is 38.2 Å². The highest BCUT2D eigenvalue weighted by atomic mass is 15.1. The Morgan fingerprint density at radius 1 is 1.28 bits per heavy atom. The minimum Gasteiger partial charge on any atom is -0.398 e. The zero-order valence-electron chi connectivity index (χ0n) is 11.2. The van der Waals surface area contributed by atoms with Gasteiger partial charge in [-0.1, -0.05) is 6.92 Å². The van der Waals surface area contributed by atoms with E-state index in [1.165, 1.54) is 25.7 Å². The van der Waals surface area contributed by atoms with Gasteiger partial charge in [0.2, 0.25) is 0 Å². The maximum absolute atomic E-state index is 9.02. The van der Waals surface area contributed by atoms with Crippen LogP contribution in [0.5, 0.6) is 0 Å². The largest absolute Gasteiger partial charge is 0.398 e. The predicted molar refractivity (Wildman–Crippen MR) is 75.4 cm³/mol. The van der Waals surface area contributed by atoms with Gasteiger partial charge in [0.15, 0.2) is 0 Å². The van der Waals surface area contributed by atoms with Gasteiger partial charge in [0.05, 0.1) is 5.56 Å². The van der Waals surface area contributed by atoms with Crippen molar-refractivity contribution in [3.63, 3.8) is 0 Å². The Kier molecular flexibility index (Phi) is 3.76. The molecule has 0 radical (unpaired) electrons. The molecule has 0 saturated heterocycles. The maximum atomic E-state index is 9.02. The fraction of sp³-hybridized carbons (Fsp3) is 0.533. The van der Waals surface area contributed by atoms with Crippen molar-refractivity contribution >= 4 is 11.4 Å². The Balaban J connectivity index is 2.14. The molecule has 0 spiro atoms. The highest BCUT2D eigenvalue weighted by Gasteiger charge is 2.22. The van der Waals surface area contributed by atoms with Crippen molar-refractivity contribution in [3.05, 3.63) is 23.8 Å². The van der Waals surface area contributed by atoms with Gasteiger partial charge in [0.25, 0.3) is 0 Å². The number of nitriles is 1. The van der Waals surface area contributed by atoms with Gasteiger partial charge in [-0.2, -0.15) is 5.26 Å². The summed E-state index contributed by atoms with van der Waals surface area (Å²) in [6.07, 6.45) is 5.08. The van der Waals surface area contributed by atoms with E-state index in [4.69, 9.17) is 11.0 Å². The van der Waals surface area contributed by atoms with E-state index >= 15 is 0 Å². The second-order valence-electron chi connectivity index (χ2n) is 5.41. The summed E-state index contributed by atoms with van der Waals surface area (Å²) < 4.78 is 0. The van der Waals surface area contributed by atoms with Crippen molar-refractivity contribution in [1.82, 2.24) is 0 Å². The van der Waals surface area contributed by atoms with Crippen LogP contribution in [0.4, 0.5) is 11.4 Å². The smallest absolute Gasteiger partial charge is 0.101 e. The van der Waals surface area contributed by atoms with Gasteiger partial charge < -0.3 is 10.6 Å². The van der Waals surface area contributed by atoms with E-state index in [2.05, 4.69) is 24.9 Å². The summed E-state index contributed by atoms with van der Waals surface area (Å²) in [7, 11) is 2.12. The summed E-state index contributed by atoms with van der Waals surface area (Å²) in [4.78, 5) is 2.30. The van der Waals surface area contributed by atoms with Crippen molar-refractivity contribution in [2.75, 3.05) is 17.7 Å². The Bertz CT molecular complexity index is 453. The Labute approximate surface area is 109 Å². The van der Waals surface area contributed by atoms with Crippen molar-refractivity contribution in [2.45, 2.75) is 38.6 Å². The fourth-order valence-corrected chi connectivity index (χ4v) is 2.70. The minimum absolute atomic E-state index is 0.562. The maximum Gasteiger partial charge on any atom is 0.101 e. The van der Waals surface area contributed by atoms with Gasteiger partial charge >= 0.3 is 0 Å². The predicted octanol–water partition coefficient (Wildman–Crippen LogP) is 3.16.